The van der Waals surface area contributed by atoms with Gasteiger partial charge in [-0.3, -0.25) is 9.59 Å². The molecule has 2 amide bonds. The zero-order valence-corrected chi connectivity index (χ0v) is 17.3. The lowest BCUT2D eigenvalue weighted by Crippen LogP contribution is -2.56. The summed E-state index contributed by atoms with van der Waals surface area (Å²) < 4.78 is 0. The summed E-state index contributed by atoms with van der Waals surface area (Å²) in [6.45, 7) is 10.1. The van der Waals surface area contributed by atoms with E-state index >= 15 is 0 Å². The monoisotopic (exact) mass is 379 g/mol. The van der Waals surface area contributed by atoms with Crippen molar-refractivity contribution in [2.45, 2.75) is 59.5 Å². The van der Waals surface area contributed by atoms with Crippen molar-refractivity contribution in [3.8, 4) is 0 Å². The number of hydrogen-bond acceptors (Lipinski definition) is 2. The first kappa shape index (κ1) is 19.9. The highest BCUT2D eigenvalue weighted by molar-refractivity contribution is 6.00. The van der Waals surface area contributed by atoms with Gasteiger partial charge < -0.3 is 15.6 Å². The van der Waals surface area contributed by atoms with Crippen LogP contribution in [0.15, 0.2) is 41.6 Å². The molecular formula is C23H29N3O2. The Labute approximate surface area is 166 Å². The van der Waals surface area contributed by atoms with Gasteiger partial charge in [0.15, 0.2) is 0 Å². The van der Waals surface area contributed by atoms with Gasteiger partial charge in [-0.2, -0.15) is 0 Å². The van der Waals surface area contributed by atoms with Crippen molar-refractivity contribution in [1.29, 1.82) is 0 Å². The standard InChI is InChI=1S/C23H29N3O2/c1-13(2)6-8-16-10-17(9-7-14(3)4)20-18(11-16)19(12-24-20)21-23(28)25-15(5)22(27)26-21/h6-7,10-12,15,21,24H,8-9H2,1-5H3,(H,25,28)(H,26,27)/t15-,21-/m0/s1. The number of fused-ring (bicyclic) bond motifs is 1. The van der Waals surface area contributed by atoms with Crippen molar-refractivity contribution in [2.75, 3.05) is 0 Å². The Balaban J connectivity index is 2.09. The Morgan fingerprint density at radius 1 is 0.964 bits per heavy atom. The van der Waals surface area contributed by atoms with Crippen molar-refractivity contribution in [2.24, 2.45) is 0 Å². The van der Waals surface area contributed by atoms with E-state index in [4.69, 9.17) is 0 Å². The van der Waals surface area contributed by atoms with E-state index in [9.17, 15) is 9.59 Å². The number of piperazine rings is 1. The second kappa shape index (κ2) is 8.05. The van der Waals surface area contributed by atoms with E-state index in [-0.39, 0.29) is 11.8 Å². The van der Waals surface area contributed by atoms with Gasteiger partial charge in [-0.1, -0.05) is 29.4 Å². The summed E-state index contributed by atoms with van der Waals surface area (Å²) >= 11 is 0. The van der Waals surface area contributed by atoms with Gasteiger partial charge in [0.2, 0.25) is 11.8 Å². The molecule has 0 radical (unpaired) electrons. The van der Waals surface area contributed by atoms with Crippen LogP contribution in [0.4, 0.5) is 0 Å². The molecule has 28 heavy (non-hydrogen) atoms. The summed E-state index contributed by atoms with van der Waals surface area (Å²) in [4.78, 5) is 28.0. The molecule has 1 aliphatic rings. The Kier molecular flexibility index (Phi) is 5.73. The molecule has 3 rings (SSSR count). The number of nitrogens with one attached hydrogen (secondary N) is 3. The average Bonchev–Trinajstić information content (AvgIpc) is 3.04. The highest BCUT2D eigenvalue weighted by atomic mass is 16.2. The second-order valence-corrected chi connectivity index (χ2v) is 8.06. The Hall–Kier alpha value is -2.82. The minimum Gasteiger partial charge on any atom is -0.361 e. The topological polar surface area (TPSA) is 74.0 Å². The van der Waals surface area contributed by atoms with E-state index in [1.165, 1.54) is 22.3 Å². The van der Waals surface area contributed by atoms with Crippen LogP contribution in [0.25, 0.3) is 10.9 Å². The van der Waals surface area contributed by atoms with Crippen LogP contribution in [-0.2, 0) is 22.4 Å². The number of H-pyrrole nitrogens is 1. The van der Waals surface area contributed by atoms with Gasteiger partial charge in [0.1, 0.15) is 12.1 Å². The molecule has 0 bridgehead atoms. The van der Waals surface area contributed by atoms with Crippen LogP contribution < -0.4 is 10.6 Å². The first-order chi connectivity index (χ1) is 13.3. The maximum absolute atomic E-state index is 12.5. The lowest BCUT2D eigenvalue weighted by atomic mass is 9.96. The first-order valence-electron chi connectivity index (χ1n) is 9.76. The molecule has 0 unspecified atom stereocenters. The molecule has 2 heterocycles. The highest BCUT2D eigenvalue weighted by Crippen LogP contribution is 2.30. The number of rotatable bonds is 5. The molecule has 0 saturated carbocycles. The Bertz CT molecular complexity index is 973. The lowest BCUT2D eigenvalue weighted by molar-refractivity contribution is -0.136. The summed E-state index contributed by atoms with van der Waals surface area (Å²) in [5, 5.41) is 6.61. The maximum Gasteiger partial charge on any atom is 0.247 e. The summed E-state index contributed by atoms with van der Waals surface area (Å²) in [6.07, 6.45) is 7.92. The number of carbonyl (C=O) groups is 2. The van der Waals surface area contributed by atoms with Crippen LogP contribution in [0, 0.1) is 0 Å². The van der Waals surface area contributed by atoms with E-state index in [0.29, 0.717) is 0 Å². The van der Waals surface area contributed by atoms with Crippen LogP contribution >= 0.6 is 0 Å². The molecule has 5 nitrogen and oxygen atoms in total. The summed E-state index contributed by atoms with van der Waals surface area (Å²) in [5.74, 6) is -0.335. The largest absolute Gasteiger partial charge is 0.361 e. The van der Waals surface area contributed by atoms with Crippen LogP contribution in [0.2, 0.25) is 0 Å². The SMILES string of the molecule is CC(C)=CCc1cc(CC=C(C)C)c2[nH]cc([C@@H]3NC(=O)[C@H](C)NC3=O)c2c1. The van der Waals surface area contributed by atoms with Crippen molar-refractivity contribution < 1.29 is 9.59 Å². The van der Waals surface area contributed by atoms with E-state index in [1.54, 1.807) is 6.92 Å². The van der Waals surface area contributed by atoms with Gasteiger partial charge in [0.25, 0.3) is 0 Å². The van der Waals surface area contributed by atoms with Crippen molar-refractivity contribution in [3.63, 3.8) is 0 Å². The fraction of sp³-hybridized carbons (Fsp3) is 0.391. The van der Waals surface area contributed by atoms with Gasteiger partial charge in [0.05, 0.1) is 0 Å². The fourth-order valence-electron chi connectivity index (χ4n) is 3.46. The number of carbonyl (C=O) groups excluding carboxylic acids is 2. The van der Waals surface area contributed by atoms with Crippen molar-refractivity contribution >= 4 is 22.7 Å². The van der Waals surface area contributed by atoms with E-state index < -0.39 is 12.1 Å². The Morgan fingerprint density at radius 3 is 2.32 bits per heavy atom. The normalized spacial score (nSPS) is 19.2. The molecule has 0 aliphatic carbocycles. The molecular weight excluding hydrogens is 350 g/mol. The molecule has 2 aromatic rings. The lowest BCUT2D eigenvalue weighted by Gasteiger charge is -2.27. The number of aromatic amines is 1. The third kappa shape index (κ3) is 4.19. The van der Waals surface area contributed by atoms with Gasteiger partial charge >= 0.3 is 0 Å². The predicted octanol–water partition coefficient (Wildman–Crippen LogP) is 3.86. The third-order valence-electron chi connectivity index (χ3n) is 5.05. The third-order valence-corrected chi connectivity index (χ3v) is 5.05. The number of aromatic nitrogens is 1. The number of hydrogen-bond donors (Lipinski definition) is 3. The van der Waals surface area contributed by atoms with Crippen molar-refractivity contribution in [3.05, 3.63) is 58.3 Å². The fourth-order valence-corrected chi connectivity index (χ4v) is 3.46. The smallest absolute Gasteiger partial charge is 0.247 e. The molecule has 1 aromatic carbocycles. The minimum atomic E-state index is -0.674. The maximum atomic E-state index is 12.5. The van der Waals surface area contributed by atoms with Gasteiger partial charge in [0, 0.05) is 22.7 Å². The van der Waals surface area contributed by atoms with Gasteiger partial charge in [-0.05, 0) is 64.7 Å². The average molecular weight is 380 g/mol. The van der Waals surface area contributed by atoms with Crippen LogP contribution in [0.1, 0.15) is 57.4 Å². The van der Waals surface area contributed by atoms with Crippen LogP contribution in [0.3, 0.4) is 0 Å². The van der Waals surface area contributed by atoms with Gasteiger partial charge in [-0.25, -0.2) is 0 Å². The zero-order valence-electron chi connectivity index (χ0n) is 17.3. The summed E-state index contributed by atoms with van der Waals surface area (Å²) in [5.41, 5.74) is 6.76. The predicted molar refractivity (Wildman–Crippen MR) is 113 cm³/mol. The zero-order chi connectivity index (χ0) is 20.4. The quantitative estimate of drug-likeness (QED) is 0.690. The summed E-state index contributed by atoms with van der Waals surface area (Å²) in [6, 6.07) is 3.18. The molecule has 1 aliphatic heterocycles. The molecule has 3 N–H and O–H groups in total. The molecule has 5 heteroatoms. The summed E-state index contributed by atoms with van der Waals surface area (Å²) in [7, 11) is 0. The first-order valence-corrected chi connectivity index (χ1v) is 9.76. The second-order valence-electron chi connectivity index (χ2n) is 8.06. The molecule has 1 fully saturated rings. The van der Waals surface area contributed by atoms with E-state index in [2.05, 4.69) is 67.6 Å². The molecule has 1 saturated heterocycles. The van der Waals surface area contributed by atoms with Crippen molar-refractivity contribution in [1.82, 2.24) is 15.6 Å². The van der Waals surface area contributed by atoms with E-state index in [0.717, 1.165) is 29.3 Å². The minimum absolute atomic E-state index is 0.163. The van der Waals surface area contributed by atoms with E-state index in [1.807, 2.05) is 6.20 Å². The number of amides is 2. The number of benzene rings is 1. The molecule has 1 aromatic heterocycles. The number of allylic oxidation sites excluding steroid dienone is 4. The molecule has 148 valence electrons. The highest BCUT2D eigenvalue weighted by Gasteiger charge is 2.33. The van der Waals surface area contributed by atoms with Crippen LogP contribution in [0.5, 0.6) is 0 Å². The Morgan fingerprint density at radius 2 is 1.64 bits per heavy atom. The molecule has 2 atom stereocenters. The molecule has 0 spiro atoms. The van der Waals surface area contributed by atoms with Gasteiger partial charge in [-0.15, -0.1) is 0 Å². The van der Waals surface area contributed by atoms with Crippen LogP contribution in [-0.4, -0.2) is 22.8 Å².